The zero-order valence-electron chi connectivity index (χ0n) is 8.79. The van der Waals surface area contributed by atoms with Gasteiger partial charge in [-0.2, -0.15) is 0 Å². The average molecular weight is 316 g/mol. The van der Waals surface area contributed by atoms with Crippen molar-refractivity contribution in [3.63, 3.8) is 0 Å². The number of carbonyl (C=O) groups is 2. The van der Waals surface area contributed by atoms with Crippen molar-refractivity contribution in [2.24, 2.45) is 5.92 Å². The second-order valence-electron chi connectivity index (χ2n) is 3.68. The summed E-state index contributed by atoms with van der Waals surface area (Å²) in [5, 5.41) is 0. The lowest BCUT2D eigenvalue weighted by Gasteiger charge is -2.08. The summed E-state index contributed by atoms with van der Waals surface area (Å²) in [5.41, 5.74) is 0.684. The number of halogens is 1. The summed E-state index contributed by atoms with van der Waals surface area (Å²) in [4.78, 5) is 22.7. The molecule has 80 valence electrons. The highest BCUT2D eigenvalue weighted by Crippen LogP contribution is 2.14. The van der Waals surface area contributed by atoms with Gasteiger partial charge < -0.3 is 4.79 Å². The Morgan fingerprint density at radius 1 is 1.27 bits per heavy atom. The van der Waals surface area contributed by atoms with Crippen LogP contribution in [0.1, 0.15) is 30.6 Å². The lowest BCUT2D eigenvalue weighted by atomic mass is 9.95. The van der Waals surface area contributed by atoms with Gasteiger partial charge in [-0.15, -0.1) is 0 Å². The maximum atomic E-state index is 11.8. The van der Waals surface area contributed by atoms with Crippen molar-refractivity contribution in [2.45, 2.75) is 20.3 Å². The van der Waals surface area contributed by atoms with Gasteiger partial charge in [0.2, 0.25) is 0 Å². The highest BCUT2D eigenvalue weighted by molar-refractivity contribution is 14.1. The molecular formula is C12H13IO2. The second-order valence-corrected chi connectivity index (χ2v) is 4.92. The van der Waals surface area contributed by atoms with Gasteiger partial charge in [-0.1, -0.05) is 19.1 Å². The molecule has 1 rings (SSSR count). The molecule has 1 unspecified atom stereocenters. The van der Waals surface area contributed by atoms with Gasteiger partial charge in [0.05, 0.1) is 0 Å². The molecule has 3 heteroatoms. The zero-order chi connectivity index (χ0) is 11.4. The van der Waals surface area contributed by atoms with Crippen LogP contribution in [-0.2, 0) is 4.79 Å². The van der Waals surface area contributed by atoms with Gasteiger partial charge >= 0.3 is 0 Å². The molecule has 15 heavy (non-hydrogen) atoms. The Morgan fingerprint density at radius 3 is 2.27 bits per heavy atom. The first kappa shape index (κ1) is 12.4. The maximum absolute atomic E-state index is 11.8. The van der Waals surface area contributed by atoms with Crippen molar-refractivity contribution in [1.29, 1.82) is 0 Å². The van der Waals surface area contributed by atoms with Gasteiger partial charge in [0.25, 0.3) is 0 Å². The molecule has 0 saturated carbocycles. The van der Waals surface area contributed by atoms with Gasteiger partial charge in [0.1, 0.15) is 5.78 Å². The monoisotopic (exact) mass is 316 g/mol. The number of ketones is 2. The molecule has 0 heterocycles. The molecule has 0 N–H and O–H groups in total. The molecule has 0 spiro atoms. The predicted octanol–water partition coefficient (Wildman–Crippen LogP) is 3.09. The van der Waals surface area contributed by atoms with Crippen molar-refractivity contribution >= 4 is 34.2 Å². The fourth-order valence-electron chi connectivity index (χ4n) is 1.42. The molecule has 0 aliphatic rings. The van der Waals surface area contributed by atoms with E-state index < -0.39 is 0 Å². The molecular weight excluding hydrogens is 303 g/mol. The zero-order valence-corrected chi connectivity index (χ0v) is 10.9. The van der Waals surface area contributed by atoms with E-state index in [4.69, 9.17) is 0 Å². The van der Waals surface area contributed by atoms with Crippen LogP contribution in [0.2, 0.25) is 0 Å². The second kappa shape index (κ2) is 5.39. The lowest BCUT2D eigenvalue weighted by molar-refractivity contribution is -0.117. The smallest absolute Gasteiger partial charge is 0.166 e. The van der Waals surface area contributed by atoms with Gasteiger partial charge in [0.15, 0.2) is 5.78 Å². The molecule has 0 saturated heterocycles. The molecule has 0 aromatic heterocycles. The van der Waals surface area contributed by atoms with Crippen molar-refractivity contribution in [3.8, 4) is 0 Å². The highest BCUT2D eigenvalue weighted by atomic mass is 127. The fraction of sp³-hybridized carbons (Fsp3) is 0.333. The topological polar surface area (TPSA) is 34.1 Å². The first-order valence-corrected chi connectivity index (χ1v) is 5.88. The van der Waals surface area contributed by atoms with Gasteiger partial charge in [0, 0.05) is 21.5 Å². The van der Waals surface area contributed by atoms with Crippen LogP contribution < -0.4 is 0 Å². The van der Waals surface area contributed by atoms with E-state index in [1.54, 1.807) is 19.1 Å². The van der Waals surface area contributed by atoms with Gasteiger partial charge in [-0.25, -0.2) is 0 Å². The van der Waals surface area contributed by atoms with Crippen molar-refractivity contribution in [1.82, 2.24) is 0 Å². The highest BCUT2D eigenvalue weighted by Gasteiger charge is 2.16. The Labute approximate surface area is 103 Å². The molecule has 0 aliphatic heterocycles. The van der Waals surface area contributed by atoms with Crippen molar-refractivity contribution in [3.05, 3.63) is 33.4 Å². The summed E-state index contributed by atoms with van der Waals surface area (Å²) in [7, 11) is 0. The fourth-order valence-corrected chi connectivity index (χ4v) is 1.78. The quantitative estimate of drug-likeness (QED) is 0.632. The Bertz CT molecular complexity index is 368. The molecule has 1 aromatic carbocycles. The van der Waals surface area contributed by atoms with Crippen LogP contribution in [0, 0.1) is 9.49 Å². The average Bonchev–Trinajstić information content (AvgIpc) is 2.17. The molecule has 2 nitrogen and oxygen atoms in total. The number of hydrogen-bond donors (Lipinski definition) is 0. The van der Waals surface area contributed by atoms with Gasteiger partial charge in [-0.3, -0.25) is 4.79 Å². The van der Waals surface area contributed by atoms with Crippen LogP contribution in [0.4, 0.5) is 0 Å². The lowest BCUT2D eigenvalue weighted by Crippen LogP contribution is -2.14. The Hall–Kier alpha value is -0.710. The SMILES string of the molecule is CC(=O)CC(C)C(=O)c1ccc(I)cc1. The van der Waals surface area contributed by atoms with Crippen LogP contribution in [0.3, 0.4) is 0 Å². The third-order valence-electron chi connectivity index (χ3n) is 2.17. The summed E-state index contributed by atoms with van der Waals surface area (Å²) >= 11 is 2.19. The standard InChI is InChI=1S/C12H13IO2/c1-8(7-9(2)14)12(15)10-3-5-11(13)6-4-10/h3-6,8H,7H2,1-2H3. The van der Waals surface area contributed by atoms with Crippen molar-refractivity contribution in [2.75, 3.05) is 0 Å². The minimum Gasteiger partial charge on any atom is -0.300 e. The number of Topliss-reactive ketones (excluding diaryl/α,β-unsaturated/α-hetero) is 2. The van der Waals surface area contributed by atoms with Crippen LogP contribution >= 0.6 is 22.6 Å². The number of carbonyl (C=O) groups excluding carboxylic acids is 2. The summed E-state index contributed by atoms with van der Waals surface area (Å²) < 4.78 is 1.10. The molecule has 1 atom stereocenters. The van der Waals surface area contributed by atoms with Crippen LogP contribution in [0.5, 0.6) is 0 Å². The predicted molar refractivity (Wildman–Crippen MR) is 68.0 cm³/mol. The summed E-state index contributed by atoms with van der Waals surface area (Å²) in [6.07, 6.45) is 0.324. The summed E-state index contributed by atoms with van der Waals surface area (Å²) in [5.74, 6) is -0.120. The number of benzene rings is 1. The number of hydrogen-bond acceptors (Lipinski definition) is 2. The molecule has 0 fully saturated rings. The summed E-state index contributed by atoms with van der Waals surface area (Å²) in [6, 6.07) is 7.41. The van der Waals surface area contributed by atoms with Crippen molar-refractivity contribution < 1.29 is 9.59 Å². The normalized spacial score (nSPS) is 12.2. The van der Waals surface area contributed by atoms with E-state index in [1.165, 1.54) is 6.92 Å². The molecule has 0 radical (unpaired) electrons. The van der Waals surface area contributed by atoms with Crippen LogP contribution in [-0.4, -0.2) is 11.6 Å². The van der Waals surface area contributed by atoms with E-state index in [2.05, 4.69) is 22.6 Å². The Morgan fingerprint density at radius 2 is 1.80 bits per heavy atom. The minimum atomic E-state index is -0.220. The maximum Gasteiger partial charge on any atom is 0.166 e. The van der Waals surface area contributed by atoms with E-state index in [9.17, 15) is 9.59 Å². The third kappa shape index (κ3) is 3.74. The van der Waals surface area contributed by atoms with Crippen LogP contribution in [0.15, 0.2) is 24.3 Å². The van der Waals surface area contributed by atoms with E-state index in [0.717, 1.165) is 3.57 Å². The first-order valence-electron chi connectivity index (χ1n) is 4.80. The molecule has 1 aromatic rings. The minimum absolute atomic E-state index is 0.0431. The molecule has 0 aliphatic carbocycles. The van der Waals surface area contributed by atoms with Crippen LogP contribution in [0.25, 0.3) is 0 Å². The Kier molecular flexibility index (Phi) is 4.45. The first-order chi connectivity index (χ1) is 7.00. The van der Waals surface area contributed by atoms with Gasteiger partial charge in [-0.05, 0) is 41.6 Å². The largest absolute Gasteiger partial charge is 0.300 e. The van der Waals surface area contributed by atoms with E-state index in [-0.39, 0.29) is 17.5 Å². The molecule has 0 bridgehead atoms. The van der Waals surface area contributed by atoms with E-state index in [0.29, 0.717) is 12.0 Å². The van der Waals surface area contributed by atoms with E-state index >= 15 is 0 Å². The Balaban J connectivity index is 2.76. The van der Waals surface area contributed by atoms with E-state index in [1.807, 2.05) is 12.1 Å². The summed E-state index contributed by atoms with van der Waals surface area (Å²) in [6.45, 7) is 3.30. The molecule has 0 amide bonds. The third-order valence-corrected chi connectivity index (χ3v) is 2.89. The number of rotatable bonds is 4.